The summed E-state index contributed by atoms with van der Waals surface area (Å²) in [4.78, 5) is 0. The number of nitrogens with zero attached hydrogens (tertiary/aromatic N) is 1. The SMILES string of the molecule is Br.CCCCCCCCCCCCCCCC[N+](C)(C)C.I. The molecule has 22 heavy (non-hydrogen) atoms. The molecule has 0 spiro atoms. The van der Waals surface area contributed by atoms with Gasteiger partial charge >= 0.3 is 0 Å². The van der Waals surface area contributed by atoms with Gasteiger partial charge in [0.25, 0.3) is 0 Å². The quantitative estimate of drug-likeness (QED) is 0.127. The van der Waals surface area contributed by atoms with E-state index in [1.54, 1.807) is 0 Å². The Morgan fingerprint density at radius 2 is 0.773 bits per heavy atom. The molecule has 0 N–H and O–H groups in total. The van der Waals surface area contributed by atoms with Crippen LogP contribution in [0.25, 0.3) is 0 Å². The maximum absolute atomic E-state index is 2.29. The van der Waals surface area contributed by atoms with Crippen molar-refractivity contribution in [3.8, 4) is 0 Å². The zero-order valence-corrected chi connectivity index (χ0v) is 19.9. The molecular formula is C19H44BrIN+. The van der Waals surface area contributed by atoms with Crippen molar-refractivity contribution in [1.82, 2.24) is 0 Å². The van der Waals surface area contributed by atoms with Gasteiger partial charge in [-0.25, -0.2) is 0 Å². The van der Waals surface area contributed by atoms with E-state index in [1.807, 2.05) is 0 Å². The smallest absolute Gasteiger partial charge is 0.0780 e. The molecule has 0 heterocycles. The summed E-state index contributed by atoms with van der Waals surface area (Å²) < 4.78 is 1.12. The average Bonchev–Trinajstić information content (AvgIpc) is 2.38. The van der Waals surface area contributed by atoms with Gasteiger partial charge in [-0.3, -0.25) is 0 Å². The van der Waals surface area contributed by atoms with E-state index in [2.05, 4.69) is 28.1 Å². The molecule has 0 aromatic carbocycles. The molecule has 1 nitrogen and oxygen atoms in total. The Bertz CT molecular complexity index is 192. The van der Waals surface area contributed by atoms with Crippen molar-refractivity contribution in [1.29, 1.82) is 0 Å². The summed E-state index contributed by atoms with van der Waals surface area (Å²) in [5.74, 6) is 0. The van der Waals surface area contributed by atoms with Crippen LogP contribution < -0.4 is 0 Å². The lowest BCUT2D eigenvalue weighted by atomic mass is 10.0. The van der Waals surface area contributed by atoms with Gasteiger partial charge in [-0.2, -0.15) is 0 Å². The highest BCUT2D eigenvalue weighted by atomic mass is 127. The minimum Gasteiger partial charge on any atom is -0.331 e. The molecule has 0 bridgehead atoms. The van der Waals surface area contributed by atoms with Gasteiger partial charge in [-0.15, -0.1) is 41.0 Å². The van der Waals surface area contributed by atoms with E-state index in [4.69, 9.17) is 0 Å². The van der Waals surface area contributed by atoms with Gasteiger partial charge in [0.2, 0.25) is 0 Å². The molecule has 0 unspecified atom stereocenters. The van der Waals surface area contributed by atoms with Crippen molar-refractivity contribution in [2.45, 2.75) is 96.8 Å². The van der Waals surface area contributed by atoms with Crippen LogP contribution in [-0.2, 0) is 0 Å². The predicted octanol–water partition coefficient (Wildman–Crippen LogP) is 7.37. The van der Waals surface area contributed by atoms with Gasteiger partial charge in [0.1, 0.15) is 0 Å². The summed E-state index contributed by atoms with van der Waals surface area (Å²) in [5, 5.41) is 0. The van der Waals surface area contributed by atoms with Crippen LogP contribution in [0.4, 0.5) is 0 Å². The second-order valence-electron chi connectivity index (χ2n) is 7.61. The fourth-order valence-electron chi connectivity index (χ4n) is 2.78. The highest BCUT2D eigenvalue weighted by Crippen LogP contribution is 2.13. The van der Waals surface area contributed by atoms with Gasteiger partial charge in [0, 0.05) is 0 Å². The molecule has 0 saturated carbocycles. The van der Waals surface area contributed by atoms with E-state index < -0.39 is 0 Å². The molecule has 0 aromatic heterocycles. The lowest BCUT2D eigenvalue weighted by molar-refractivity contribution is -0.870. The van der Waals surface area contributed by atoms with Gasteiger partial charge in [-0.05, 0) is 12.8 Å². The number of rotatable bonds is 15. The summed E-state index contributed by atoms with van der Waals surface area (Å²) in [6.45, 7) is 3.63. The third-order valence-corrected chi connectivity index (χ3v) is 4.18. The molecule has 138 valence electrons. The van der Waals surface area contributed by atoms with Crippen molar-refractivity contribution in [3.05, 3.63) is 0 Å². The Kier molecular flexibility index (Phi) is 25.7. The third kappa shape index (κ3) is 26.1. The summed E-state index contributed by atoms with van der Waals surface area (Å²) >= 11 is 0. The normalized spacial score (nSPS) is 10.9. The van der Waals surface area contributed by atoms with Gasteiger partial charge in [0.05, 0.1) is 27.7 Å². The first-order valence-corrected chi connectivity index (χ1v) is 9.36. The number of halogens is 2. The summed E-state index contributed by atoms with van der Waals surface area (Å²) in [6.07, 6.45) is 20.4. The van der Waals surface area contributed by atoms with E-state index >= 15 is 0 Å². The van der Waals surface area contributed by atoms with E-state index in [9.17, 15) is 0 Å². The molecule has 0 aliphatic heterocycles. The molecule has 3 heteroatoms. The van der Waals surface area contributed by atoms with Crippen molar-refractivity contribution in [2.24, 2.45) is 0 Å². The topological polar surface area (TPSA) is 0 Å². The second kappa shape index (κ2) is 20.2. The number of hydrogen-bond donors (Lipinski definition) is 0. The molecule has 0 radical (unpaired) electrons. The molecule has 0 atom stereocenters. The number of hydrogen-bond acceptors (Lipinski definition) is 0. The number of unbranched alkanes of at least 4 members (excludes halogenated alkanes) is 13. The molecule has 0 aliphatic rings. The lowest BCUT2D eigenvalue weighted by Gasteiger charge is -2.23. The largest absolute Gasteiger partial charge is 0.331 e. The minimum absolute atomic E-state index is 0. The van der Waals surface area contributed by atoms with Crippen LogP contribution in [0.15, 0.2) is 0 Å². The lowest BCUT2D eigenvalue weighted by Crippen LogP contribution is -2.35. The van der Waals surface area contributed by atoms with Crippen molar-refractivity contribution in [2.75, 3.05) is 27.7 Å². The van der Waals surface area contributed by atoms with Crippen molar-refractivity contribution >= 4 is 41.0 Å². The molecular weight excluding hydrogens is 449 g/mol. The Balaban J connectivity index is -0.00000180. The van der Waals surface area contributed by atoms with Crippen LogP contribution in [-0.4, -0.2) is 32.2 Å². The molecule has 0 aromatic rings. The molecule has 0 fully saturated rings. The van der Waals surface area contributed by atoms with E-state index in [-0.39, 0.29) is 41.0 Å². The van der Waals surface area contributed by atoms with Crippen LogP contribution in [0, 0.1) is 0 Å². The fraction of sp³-hybridized carbons (Fsp3) is 1.00. The molecule has 0 rings (SSSR count). The first kappa shape index (κ1) is 28.0. The Labute approximate surface area is 169 Å². The van der Waals surface area contributed by atoms with Crippen molar-refractivity contribution in [3.63, 3.8) is 0 Å². The predicted molar refractivity (Wildman–Crippen MR) is 119 cm³/mol. The van der Waals surface area contributed by atoms with Crippen LogP contribution in [0.1, 0.15) is 96.8 Å². The Morgan fingerprint density at radius 1 is 0.500 bits per heavy atom. The minimum atomic E-state index is 0. The molecule has 0 aliphatic carbocycles. The average molecular weight is 493 g/mol. The number of quaternary nitrogens is 1. The Hall–Kier alpha value is 1.17. The van der Waals surface area contributed by atoms with Gasteiger partial charge in [0.15, 0.2) is 0 Å². The van der Waals surface area contributed by atoms with Crippen molar-refractivity contribution < 1.29 is 4.48 Å². The Morgan fingerprint density at radius 3 is 1.05 bits per heavy atom. The third-order valence-electron chi connectivity index (χ3n) is 4.18. The van der Waals surface area contributed by atoms with Crippen LogP contribution in [0.2, 0.25) is 0 Å². The fourth-order valence-corrected chi connectivity index (χ4v) is 2.78. The van der Waals surface area contributed by atoms with E-state index in [1.165, 1.54) is 96.4 Å². The first-order valence-electron chi connectivity index (χ1n) is 9.36. The van der Waals surface area contributed by atoms with Gasteiger partial charge in [-0.1, -0.05) is 84.0 Å². The van der Waals surface area contributed by atoms with E-state index in [0.717, 1.165) is 4.48 Å². The van der Waals surface area contributed by atoms with E-state index in [0.29, 0.717) is 0 Å². The zero-order chi connectivity index (χ0) is 15.1. The maximum atomic E-state index is 2.29. The summed E-state index contributed by atoms with van der Waals surface area (Å²) in [5.41, 5.74) is 0. The molecule has 0 saturated heterocycles. The monoisotopic (exact) mass is 492 g/mol. The van der Waals surface area contributed by atoms with Gasteiger partial charge < -0.3 is 4.48 Å². The summed E-state index contributed by atoms with van der Waals surface area (Å²) in [6, 6.07) is 0. The second-order valence-corrected chi connectivity index (χ2v) is 7.61. The highest BCUT2D eigenvalue weighted by Gasteiger charge is 2.04. The zero-order valence-electron chi connectivity index (χ0n) is 15.9. The van der Waals surface area contributed by atoms with Crippen LogP contribution in [0.3, 0.4) is 0 Å². The first-order chi connectivity index (χ1) is 9.56. The maximum Gasteiger partial charge on any atom is 0.0780 e. The summed E-state index contributed by atoms with van der Waals surface area (Å²) in [7, 11) is 6.88. The molecule has 0 amide bonds. The highest BCUT2D eigenvalue weighted by molar-refractivity contribution is 14.0. The van der Waals surface area contributed by atoms with Crippen LogP contribution >= 0.6 is 41.0 Å². The standard InChI is InChI=1S/C19H42N.BrH.HI/c1-5-6-7-8-9-10-11-12-13-14-15-16-17-18-19-20(2,3)4;;/h5-19H2,1-4H3;2*1H/q+1;;. The van der Waals surface area contributed by atoms with Crippen LogP contribution in [0.5, 0.6) is 0 Å².